The van der Waals surface area contributed by atoms with E-state index in [2.05, 4.69) is 15.9 Å². The van der Waals surface area contributed by atoms with Crippen LogP contribution in [0.3, 0.4) is 0 Å². The van der Waals surface area contributed by atoms with E-state index >= 15 is 0 Å². The lowest BCUT2D eigenvalue weighted by atomic mass is 9.71. The number of likely N-dealkylation sites (tertiary alicyclic amines) is 1. The van der Waals surface area contributed by atoms with Gasteiger partial charge in [-0.15, -0.1) is 0 Å². The maximum atomic E-state index is 13.2. The molecule has 6 nitrogen and oxygen atoms in total. The summed E-state index contributed by atoms with van der Waals surface area (Å²) in [6, 6.07) is 10.1. The van der Waals surface area contributed by atoms with E-state index in [-0.39, 0.29) is 18.2 Å². The van der Waals surface area contributed by atoms with Gasteiger partial charge in [-0.3, -0.25) is 4.79 Å². The molecule has 2 atom stereocenters. The Hall–Kier alpha value is -2.90. The number of hydrogen-bond donors (Lipinski definition) is 1. The predicted molar refractivity (Wildman–Crippen MR) is 151 cm³/mol. The Balaban J connectivity index is 1.29. The van der Waals surface area contributed by atoms with Gasteiger partial charge in [-0.1, -0.05) is 40.9 Å². The van der Waals surface area contributed by atoms with Gasteiger partial charge in [0.05, 0.1) is 11.9 Å². The van der Waals surface area contributed by atoms with Crippen molar-refractivity contribution in [3.8, 4) is 11.1 Å². The summed E-state index contributed by atoms with van der Waals surface area (Å²) >= 11 is 3.49. The molecule has 198 valence electrons. The highest BCUT2D eigenvalue weighted by Gasteiger charge is 2.43. The number of furan rings is 1. The molecular formula is C31H32BrNO5. The molecule has 3 heterocycles. The molecule has 0 spiro atoms. The van der Waals surface area contributed by atoms with Crippen LogP contribution in [0.15, 0.2) is 54.7 Å². The maximum absolute atomic E-state index is 13.2. The summed E-state index contributed by atoms with van der Waals surface area (Å²) < 4.78 is 12.8. The van der Waals surface area contributed by atoms with Crippen LogP contribution in [0.4, 0.5) is 0 Å². The number of piperidine rings is 1. The number of fused-ring (bicyclic) bond motifs is 3. The Bertz CT molecular complexity index is 1600. The Kier molecular flexibility index (Phi) is 6.47. The first-order valence-corrected chi connectivity index (χ1v) is 14.3. The van der Waals surface area contributed by atoms with Crippen molar-refractivity contribution in [2.24, 2.45) is 5.92 Å². The predicted octanol–water partition coefficient (Wildman–Crippen LogP) is 6.67. The van der Waals surface area contributed by atoms with Gasteiger partial charge in [0.15, 0.2) is 0 Å². The van der Waals surface area contributed by atoms with Crippen LogP contribution in [0.25, 0.3) is 33.1 Å². The quantitative estimate of drug-likeness (QED) is 0.274. The summed E-state index contributed by atoms with van der Waals surface area (Å²) in [5, 5.41) is 12.8. The summed E-state index contributed by atoms with van der Waals surface area (Å²) in [6.07, 6.45) is 6.95. The van der Waals surface area contributed by atoms with E-state index in [0.717, 1.165) is 63.2 Å². The summed E-state index contributed by atoms with van der Waals surface area (Å²) in [7, 11) is 0. The van der Waals surface area contributed by atoms with E-state index < -0.39 is 11.2 Å². The minimum Gasteiger partial charge on any atom is -0.463 e. The van der Waals surface area contributed by atoms with E-state index in [1.165, 1.54) is 0 Å². The first-order valence-electron chi connectivity index (χ1n) is 13.5. The topological polar surface area (TPSA) is 83.9 Å². The van der Waals surface area contributed by atoms with E-state index in [4.69, 9.17) is 8.83 Å². The Morgan fingerprint density at radius 3 is 2.68 bits per heavy atom. The van der Waals surface area contributed by atoms with Crippen LogP contribution < -0.4 is 5.63 Å². The standard InChI is InChI=1S/C31H32BrNO5/c1-18-23(10-11-27(34)33-14-13-31(36)12-4-3-5-21(31)16-33)30(35)38-29-19(2)28-25(15-24(18)29)26(17-37-28)20-6-8-22(32)9-7-20/h6-9,15,17,21,36H,3-5,10-14,16H2,1-2H3. The zero-order valence-electron chi connectivity index (χ0n) is 21.8. The summed E-state index contributed by atoms with van der Waals surface area (Å²) in [6.45, 7) is 5.03. The highest BCUT2D eigenvalue weighted by Crippen LogP contribution is 2.40. The van der Waals surface area contributed by atoms with Crippen molar-refractivity contribution in [2.75, 3.05) is 13.1 Å². The first kappa shape index (κ1) is 25.4. The third kappa shape index (κ3) is 4.30. The van der Waals surface area contributed by atoms with Crippen LogP contribution in [0.5, 0.6) is 0 Å². The fraction of sp³-hybridized carbons (Fsp3) is 0.419. The van der Waals surface area contributed by atoms with Gasteiger partial charge in [0.2, 0.25) is 5.91 Å². The number of carbonyl (C=O) groups excluding carboxylic acids is 1. The van der Waals surface area contributed by atoms with Gasteiger partial charge < -0.3 is 18.8 Å². The first-order chi connectivity index (χ1) is 18.2. The molecule has 1 aliphatic heterocycles. The fourth-order valence-corrected chi connectivity index (χ4v) is 6.79. The molecule has 6 rings (SSSR count). The minimum atomic E-state index is -0.615. The highest BCUT2D eigenvalue weighted by molar-refractivity contribution is 9.10. The average Bonchev–Trinajstić information content (AvgIpc) is 3.33. The third-order valence-electron chi connectivity index (χ3n) is 8.87. The largest absolute Gasteiger partial charge is 0.463 e. The van der Waals surface area contributed by atoms with Gasteiger partial charge in [-0.05, 0) is 68.9 Å². The molecule has 2 unspecified atom stereocenters. The van der Waals surface area contributed by atoms with Crippen LogP contribution in [-0.4, -0.2) is 34.6 Å². The van der Waals surface area contributed by atoms with Gasteiger partial charge in [-0.25, -0.2) is 4.79 Å². The monoisotopic (exact) mass is 577 g/mol. The Labute approximate surface area is 229 Å². The second kappa shape index (κ2) is 9.69. The lowest BCUT2D eigenvalue weighted by molar-refractivity contribution is -0.143. The number of rotatable bonds is 4. The summed E-state index contributed by atoms with van der Waals surface area (Å²) in [4.78, 5) is 28.1. The molecule has 2 aromatic carbocycles. The smallest absolute Gasteiger partial charge is 0.339 e. The number of amides is 1. The normalized spacial score (nSPS) is 21.7. The number of benzene rings is 2. The van der Waals surface area contributed by atoms with Crippen molar-refractivity contribution in [3.63, 3.8) is 0 Å². The van der Waals surface area contributed by atoms with Gasteiger partial charge in [0, 0.05) is 57.4 Å². The van der Waals surface area contributed by atoms with Gasteiger partial charge in [0.25, 0.3) is 0 Å². The molecule has 2 aromatic heterocycles. The van der Waals surface area contributed by atoms with Crippen LogP contribution in [-0.2, 0) is 11.2 Å². The van der Waals surface area contributed by atoms with Gasteiger partial charge >= 0.3 is 5.63 Å². The lowest BCUT2D eigenvalue weighted by Crippen LogP contribution is -2.54. The molecule has 7 heteroatoms. The number of nitrogens with zero attached hydrogens (tertiary/aromatic N) is 1. The van der Waals surface area contributed by atoms with Gasteiger partial charge in [-0.2, -0.15) is 0 Å². The molecule has 0 radical (unpaired) electrons. The average molecular weight is 579 g/mol. The Morgan fingerprint density at radius 2 is 1.89 bits per heavy atom. The van der Waals surface area contributed by atoms with E-state index in [9.17, 15) is 14.7 Å². The van der Waals surface area contributed by atoms with Crippen molar-refractivity contribution in [1.82, 2.24) is 4.90 Å². The molecule has 2 fully saturated rings. The van der Waals surface area contributed by atoms with Crippen molar-refractivity contribution in [3.05, 3.63) is 68.2 Å². The molecule has 1 saturated heterocycles. The number of carbonyl (C=O) groups is 1. The van der Waals surface area contributed by atoms with Crippen LogP contribution >= 0.6 is 15.9 Å². The number of hydrogen-bond acceptors (Lipinski definition) is 5. The van der Waals surface area contributed by atoms with Crippen LogP contribution in [0.1, 0.15) is 55.2 Å². The zero-order chi connectivity index (χ0) is 26.6. The summed E-state index contributed by atoms with van der Waals surface area (Å²) in [5.74, 6) is 0.192. The SMILES string of the molecule is Cc1c(CCC(=O)N2CCC3(O)CCCCC3C2)c(=O)oc2c(C)c3occ(-c4ccc(Br)cc4)c3cc12. The van der Waals surface area contributed by atoms with E-state index in [1.54, 1.807) is 6.26 Å². The van der Waals surface area contributed by atoms with Crippen molar-refractivity contribution < 1.29 is 18.7 Å². The molecule has 38 heavy (non-hydrogen) atoms. The number of aliphatic hydroxyl groups is 1. The zero-order valence-corrected chi connectivity index (χ0v) is 23.4. The number of halogens is 1. The molecule has 2 aliphatic rings. The Morgan fingerprint density at radius 1 is 1.11 bits per heavy atom. The van der Waals surface area contributed by atoms with Crippen LogP contribution in [0.2, 0.25) is 0 Å². The molecule has 1 amide bonds. The molecule has 1 N–H and O–H groups in total. The second-order valence-electron chi connectivity index (χ2n) is 11.0. The van der Waals surface area contributed by atoms with Crippen molar-refractivity contribution in [2.45, 2.75) is 64.4 Å². The second-order valence-corrected chi connectivity index (χ2v) is 12.0. The van der Waals surface area contributed by atoms with Crippen LogP contribution in [0, 0.1) is 19.8 Å². The lowest BCUT2D eigenvalue weighted by Gasteiger charge is -2.47. The molecule has 1 aliphatic carbocycles. The molecule has 0 bridgehead atoms. The molecule has 4 aromatic rings. The minimum absolute atomic E-state index is 0.0375. The third-order valence-corrected chi connectivity index (χ3v) is 9.39. The molecular weight excluding hydrogens is 546 g/mol. The number of aryl methyl sites for hydroxylation is 2. The maximum Gasteiger partial charge on any atom is 0.339 e. The van der Waals surface area contributed by atoms with Crippen molar-refractivity contribution >= 4 is 43.8 Å². The summed E-state index contributed by atoms with van der Waals surface area (Å²) in [5.41, 5.74) is 4.42. The van der Waals surface area contributed by atoms with Crippen molar-refractivity contribution in [1.29, 1.82) is 0 Å². The fourth-order valence-electron chi connectivity index (χ4n) is 6.53. The van der Waals surface area contributed by atoms with Gasteiger partial charge in [0.1, 0.15) is 11.2 Å². The molecule has 1 saturated carbocycles. The highest BCUT2D eigenvalue weighted by atomic mass is 79.9. The van der Waals surface area contributed by atoms with E-state index in [0.29, 0.717) is 42.7 Å². The van der Waals surface area contributed by atoms with E-state index in [1.807, 2.05) is 49.1 Å².